The Hall–Kier alpha value is -1.92. The predicted molar refractivity (Wildman–Crippen MR) is 80.1 cm³/mol. The molecular formula is C14H20N4O2. The van der Waals surface area contributed by atoms with Gasteiger partial charge in [0.25, 0.3) is 0 Å². The molecule has 0 saturated carbocycles. The summed E-state index contributed by atoms with van der Waals surface area (Å²) in [6.07, 6.45) is -0.573. The van der Waals surface area contributed by atoms with Crippen molar-refractivity contribution in [1.82, 2.24) is 9.97 Å². The molecule has 0 bridgehead atoms. The third-order valence-corrected chi connectivity index (χ3v) is 2.80. The lowest BCUT2D eigenvalue weighted by Crippen LogP contribution is -2.24. The second-order valence-corrected chi connectivity index (χ2v) is 4.43. The molecule has 108 valence electrons. The molecule has 0 fully saturated rings. The van der Waals surface area contributed by atoms with E-state index in [1.54, 1.807) is 7.11 Å². The van der Waals surface area contributed by atoms with Gasteiger partial charge in [-0.05, 0) is 19.1 Å². The van der Waals surface area contributed by atoms with E-state index >= 15 is 0 Å². The van der Waals surface area contributed by atoms with E-state index in [-0.39, 0.29) is 6.61 Å². The number of nitrogens with one attached hydrogen (secondary N) is 2. The smallest absolute Gasteiger partial charge is 0.225 e. The summed E-state index contributed by atoms with van der Waals surface area (Å²) >= 11 is 0. The van der Waals surface area contributed by atoms with E-state index in [1.165, 1.54) is 0 Å². The number of rotatable bonds is 7. The minimum absolute atomic E-state index is 0.288. The molecule has 1 aromatic carbocycles. The van der Waals surface area contributed by atoms with Gasteiger partial charge in [-0.3, -0.25) is 0 Å². The van der Waals surface area contributed by atoms with E-state index in [1.807, 2.05) is 31.2 Å². The van der Waals surface area contributed by atoms with Crippen LogP contribution in [0.2, 0.25) is 0 Å². The van der Waals surface area contributed by atoms with Gasteiger partial charge in [0, 0.05) is 25.6 Å². The third-order valence-electron chi connectivity index (χ3n) is 2.80. The van der Waals surface area contributed by atoms with Gasteiger partial charge in [-0.15, -0.1) is 0 Å². The Morgan fingerprint density at radius 2 is 2.05 bits per heavy atom. The van der Waals surface area contributed by atoms with Gasteiger partial charge in [-0.25, -0.2) is 4.98 Å². The van der Waals surface area contributed by atoms with Crippen LogP contribution in [0.4, 0.5) is 11.8 Å². The molecule has 1 heterocycles. The van der Waals surface area contributed by atoms with E-state index in [0.717, 1.165) is 17.4 Å². The molecule has 0 amide bonds. The minimum atomic E-state index is -0.573. The van der Waals surface area contributed by atoms with Crippen molar-refractivity contribution in [3.8, 4) is 0 Å². The number of ether oxygens (including phenoxy) is 1. The Bertz CT molecular complexity index is 562. The van der Waals surface area contributed by atoms with Crippen LogP contribution in [-0.2, 0) is 4.74 Å². The standard InChI is InChI=1S/C14H20N4O2/c1-3-15-14-17-12-7-5-4-6-11(12)13(18-14)16-8-10(19)9-20-2/h4-7,10,19H,3,8-9H2,1-2H3,(H2,15,16,17,18). The number of para-hydroxylation sites is 1. The first-order chi connectivity index (χ1) is 9.74. The molecule has 0 aliphatic carbocycles. The molecule has 0 aliphatic heterocycles. The Morgan fingerprint density at radius 1 is 1.25 bits per heavy atom. The van der Waals surface area contributed by atoms with Gasteiger partial charge in [-0.2, -0.15) is 4.98 Å². The van der Waals surface area contributed by atoms with Crippen molar-refractivity contribution in [2.75, 3.05) is 37.4 Å². The topological polar surface area (TPSA) is 79.3 Å². The highest BCUT2D eigenvalue weighted by Crippen LogP contribution is 2.21. The monoisotopic (exact) mass is 276 g/mol. The van der Waals surface area contributed by atoms with Gasteiger partial charge in [0.05, 0.1) is 18.2 Å². The molecule has 2 rings (SSSR count). The third kappa shape index (κ3) is 3.55. The van der Waals surface area contributed by atoms with E-state index in [2.05, 4.69) is 20.6 Å². The lowest BCUT2D eigenvalue weighted by Gasteiger charge is -2.14. The summed E-state index contributed by atoms with van der Waals surface area (Å²) < 4.78 is 4.91. The zero-order chi connectivity index (χ0) is 14.4. The maximum atomic E-state index is 9.71. The molecule has 0 radical (unpaired) electrons. The van der Waals surface area contributed by atoms with Gasteiger partial charge in [0.1, 0.15) is 5.82 Å². The average Bonchev–Trinajstić information content (AvgIpc) is 2.45. The quantitative estimate of drug-likeness (QED) is 0.711. The first-order valence-electron chi connectivity index (χ1n) is 6.66. The molecule has 0 spiro atoms. The number of nitrogens with zero attached hydrogens (tertiary/aromatic N) is 2. The van der Waals surface area contributed by atoms with Crippen LogP contribution < -0.4 is 10.6 Å². The van der Waals surface area contributed by atoms with Crippen LogP contribution in [-0.4, -0.2) is 48.0 Å². The maximum Gasteiger partial charge on any atom is 0.225 e. The number of aliphatic hydroxyl groups excluding tert-OH is 1. The summed E-state index contributed by atoms with van der Waals surface area (Å²) in [6.45, 7) is 3.41. The van der Waals surface area contributed by atoms with Crippen LogP contribution >= 0.6 is 0 Å². The lowest BCUT2D eigenvalue weighted by molar-refractivity contribution is 0.0727. The highest BCUT2D eigenvalue weighted by molar-refractivity contribution is 5.90. The van der Waals surface area contributed by atoms with Gasteiger partial charge < -0.3 is 20.5 Å². The average molecular weight is 276 g/mol. The summed E-state index contributed by atoms with van der Waals surface area (Å²) in [4.78, 5) is 8.88. The molecule has 0 aliphatic rings. The number of fused-ring (bicyclic) bond motifs is 1. The van der Waals surface area contributed by atoms with Crippen molar-refractivity contribution < 1.29 is 9.84 Å². The van der Waals surface area contributed by atoms with Gasteiger partial charge in [-0.1, -0.05) is 12.1 Å². The molecule has 1 aromatic heterocycles. The summed E-state index contributed by atoms with van der Waals surface area (Å²) in [5, 5.41) is 16.9. The van der Waals surface area contributed by atoms with E-state index in [0.29, 0.717) is 18.3 Å². The zero-order valence-electron chi connectivity index (χ0n) is 11.8. The second kappa shape index (κ2) is 7.02. The fourth-order valence-electron chi connectivity index (χ4n) is 1.91. The van der Waals surface area contributed by atoms with Gasteiger partial charge in [0.15, 0.2) is 0 Å². The molecule has 0 saturated heterocycles. The number of anilines is 2. The van der Waals surface area contributed by atoms with Crippen molar-refractivity contribution in [2.24, 2.45) is 0 Å². The largest absolute Gasteiger partial charge is 0.389 e. The Balaban J connectivity index is 2.25. The summed E-state index contributed by atoms with van der Waals surface area (Å²) in [7, 11) is 1.56. The number of benzene rings is 1. The van der Waals surface area contributed by atoms with Crippen molar-refractivity contribution in [2.45, 2.75) is 13.0 Å². The normalized spacial score (nSPS) is 12.3. The number of hydrogen-bond donors (Lipinski definition) is 3. The SMILES string of the molecule is CCNc1nc(NCC(O)COC)c2ccccc2n1. The number of aliphatic hydroxyl groups is 1. The van der Waals surface area contributed by atoms with Crippen molar-refractivity contribution >= 4 is 22.7 Å². The van der Waals surface area contributed by atoms with E-state index in [9.17, 15) is 5.11 Å². The van der Waals surface area contributed by atoms with E-state index in [4.69, 9.17) is 4.74 Å². The second-order valence-electron chi connectivity index (χ2n) is 4.43. The molecular weight excluding hydrogens is 256 g/mol. The minimum Gasteiger partial charge on any atom is -0.389 e. The maximum absolute atomic E-state index is 9.71. The molecule has 20 heavy (non-hydrogen) atoms. The first-order valence-corrected chi connectivity index (χ1v) is 6.66. The number of hydrogen-bond acceptors (Lipinski definition) is 6. The summed E-state index contributed by atoms with van der Waals surface area (Å²) in [5.41, 5.74) is 0.863. The summed E-state index contributed by atoms with van der Waals surface area (Å²) in [6, 6.07) is 7.77. The van der Waals surface area contributed by atoms with E-state index < -0.39 is 6.10 Å². The fourth-order valence-corrected chi connectivity index (χ4v) is 1.91. The molecule has 2 aromatic rings. The van der Waals surface area contributed by atoms with Crippen LogP contribution in [0, 0.1) is 0 Å². The zero-order valence-corrected chi connectivity index (χ0v) is 11.8. The first kappa shape index (κ1) is 14.5. The molecule has 6 nitrogen and oxygen atoms in total. The fraction of sp³-hybridized carbons (Fsp3) is 0.429. The predicted octanol–water partition coefficient (Wildman–Crippen LogP) is 1.48. The molecule has 1 atom stereocenters. The molecule has 1 unspecified atom stereocenters. The van der Waals surface area contributed by atoms with Gasteiger partial charge >= 0.3 is 0 Å². The Morgan fingerprint density at radius 3 is 2.80 bits per heavy atom. The van der Waals surface area contributed by atoms with Crippen LogP contribution in [0.5, 0.6) is 0 Å². The van der Waals surface area contributed by atoms with Crippen LogP contribution in [0.3, 0.4) is 0 Å². The molecule has 3 N–H and O–H groups in total. The number of methoxy groups -OCH3 is 1. The van der Waals surface area contributed by atoms with Crippen molar-refractivity contribution in [3.05, 3.63) is 24.3 Å². The van der Waals surface area contributed by atoms with Crippen LogP contribution in [0.1, 0.15) is 6.92 Å². The highest BCUT2D eigenvalue weighted by Gasteiger charge is 2.09. The van der Waals surface area contributed by atoms with Crippen molar-refractivity contribution in [3.63, 3.8) is 0 Å². The highest BCUT2D eigenvalue weighted by atomic mass is 16.5. The Kier molecular flexibility index (Phi) is 5.09. The molecule has 6 heteroatoms. The van der Waals surface area contributed by atoms with Gasteiger partial charge in [0.2, 0.25) is 5.95 Å². The van der Waals surface area contributed by atoms with Crippen LogP contribution in [0.25, 0.3) is 10.9 Å². The summed E-state index contributed by atoms with van der Waals surface area (Å²) in [5.74, 6) is 1.29. The van der Waals surface area contributed by atoms with Crippen molar-refractivity contribution in [1.29, 1.82) is 0 Å². The number of aromatic nitrogens is 2. The van der Waals surface area contributed by atoms with Crippen LogP contribution in [0.15, 0.2) is 24.3 Å². The lowest BCUT2D eigenvalue weighted by atomic mass is 10.2. The Labute approximate surface area is 118 Å².